The molecule has 0 radical (unpaired) electrons. The standard InChI is InChI=1S/C11H15ClN2O2S/c1-2-8-3-4-9(17-8)7-13-11(16)14-10(15)5-6-12/h3-4H,2,5-7H2,1H3,(H2,13,14,15,16). The van der Waals surface area contributed by atoms with Gasteiger partial charge in [-0.05, 0) is 18.6 Å². The normalized spacial score (nSPS) is 10.0. The van der Waals surface area contributed by atoms with Crippen molar-refractivity contribution in [2.24, 2.45) is 0 Å². The molecule has 0 aliphatic carbocycles. The van der Waals surface area contributed by atoms with Crippen molar-refractivity contribution in [3.05, 3.63) is 21.9 Å². The Hall–Kier alpha value is -1.07. The van der Waals surface area contributed by atoms with Crippen LogP contribution in [0.25, 0.3) is 0 Å². The van der Waals surface area contributed by atoms with Crippen LogP contribution in [0.15, 0.2) is 12.1 Å². The molecular formula is C11H15ClN2O2S. The molecule has 0 aromatic carbocycles. The van der Waals surface area contributed by atoms with Crippen LogP contribution in [0.3, 0.4) is 0 Å². The number of carbonyl (C=O) groups excluding carboxylic acids is 2. The lowest BCUT2D eigenvalue weighted by Crippen LogP contribution is -2.38. The van der Waals surface area contributed by atoms with Gasteiger partial charge in [0.05, 0.1) is 6.54 Å². The van der Waals surface area contributed by atoms with Crippen molar-refractivity contribution in [3.63, 3.8) is 0 Å². The molecule has 1 aromatic rings. The van der Waals surface area contributed by atoms with Gasteiger partial charge in [0.25, 0.3) is 0 Å². The molecule has 1 heterocycles. The Bertz CT molecular complexity index is 393. The van der Waals surface area contributed by atoms with Crippen LogP contribution in [-0.2, 0) is 17.8 Å². The van der Waals surface area contributed by atoms with E-state index in [1.807, 2.05) is 12.1 Å². The molecule has 0 unspecified atom stereocenters. The van der Waals surface area contributed by atoms with E-state index >= 15 is 0 Å². The average molecular weight is 275 g/mol. The minimum absolute atomic E-state index is 0.147. The van der Waals surface area contributed by atoms with Crippen molar-refractivity contribution in [3.8, 4) is 0 Å². The number of halogens is 1. The van der Waals surface area contributed by atoms with Crippen LogP contribution in [0.2, 0.25) is 0 Å². The van der Waals surface area contributed by atoms with Crippen LogP contribution < -0.4 is 10.6 Å². The fourth-order valence-corrected chi connectivity index (χ4v) is 2.26. The van der Waals surface area contributed by atoms with Gasteiger partial charge in [-0.2, -0.15) is 0 Å². The summed E-state index contributed by atoms with van der Waals surface area (Å²) < 4.78 is 0. The van der Waals surface area contributed by atoms with Crippen LogP contribution in [0, 0.1) is 0 Å². The Balaban J connectivity index is 2.30. The van der Waals surface area contributed by atoms with E-state index in [1.54, 1.807) is 11.3 Å². The van der Waals surface area contributed by atoms with Gasteiger partial charge in [0.2, 0.25) is 5.91 Å². The maximum Gasteiger partial charge on any atom is 0.321 e. The highest BCUT2D eigenvalue weighted by molar-refractivity contribution is 7.11. The fourth-order valence-electron chi connectivity index (χ4n) is 1.19. The molecule has 1 aromatic heterocycles. The zero-order valence-corrected chi connectivity index (χ0v) is 11.2. The first-order valence-corrected chi connectivity index (χ1v) is 6.72. The highest BCUT2D eigenvalue weighted by Crippen LogP contribution is 2.16. The summed E-state index contributed by atoms with van der Waals surface area (Å²) in [4.78, 5) is 24.7. The third kappa shape index (κ3) is 5.19. The van der Waals surface area contributed by atoms with E-state index in [-0.39, 0.29) is 18.2 Å². The average Bonchev–Trinajstić information content (AvgIpc) is 2.74. The lowest BCUT2D eigenvalue weighted by Gasteiger charge is -2.04. The summed E-state index contributed by atoms with van der Waals surface area (Å²) in [5.41, 5.74) is 0. The van der Waals surface area contributed by atoms with Crippen LogP contribution in [0.5, 0.6) is 0 Å². The molecule has 1 rings (SSSR count). The largest absolute Gasteiger partial charge is 0.333 e. The van der Waals surface area contributed by atoms with E-state index in [4.69, 9.17) is 11.6 Å². The van der Waals surface area contributed by atoms with Gasteiger partial charge in [-0.15, -0.1) is 22.9 Å². The van der Waals surface area contributed by atoms with Crippen LogP contribution in [-0.4, -0.2) is 17.8 Å². The summed E-state index contributed by atoms with van der Waals surface area (Å²) in [5.74, 6) is -0.151. The number of aryl methyl sites for hydroxylation is 1. The fraction of sp³-hybridized carbons (Fsp3) is 0.455. The van der Waals surface area contributed by atoms with Gasteiger partial charge >= 0.3 is 6.03 Å². The van der Waals surface area contributed by atoms with E-state index in [0.717, 1.165) is 11.3 Å². The van der Waals surface area contributed by atoms with Gasteiger partial charge < -0.3 is 5.32 Å². The minimum Gasteiger partial charge on any atom is -0.333 e. The van der Waals surface area contributed by atoms with E-state index in [2.05, 4.69) is 17.6 Å². The topological polar surface area (TPSA) is 58.2 Å². The zero-order chi connectivity index (χ0) is 12.7. The number of thiophene rings is 1. The summed E-state index contributed by atoms with van der Waals surface area (Å²) in [6.07, 6.45) is 1.14. The number of urea groups is 1. The van der Waals surface area contributed by atoms with Crippen molar-refractivity contribution in [2.45, 2.75) is 26.3 Å². The number of imide groups is 1. The van der Waals surface area contributed by atoms with Crippen LogP contribution >= 0.6 is 22.9 Å². The molecule has 6 heteroatoms. The first kappa shape index (κ1) is 14.0. The Morgan fingerprint density at radius 1 is 1.35 bits per heavy atom. The number of hydrogen-bond acceptors (Lipinski definition) is 3. The molecule has 0 aliphatic heterocycles. The third-order valence-corrected chi connectivity index (χ3v) is 3.48. The second-order valence-corrected chi connectivity index (χ2v) is 5.02. The summed E-state index contributed by atoms with van der Waals surface area (Å²) >= 11 is 7.04. The van der Waals surface area contributed by atoms with Crippen molar-refractivity contribution in [2.75, 3.05) is 5.88 Å². The Morgan fingerprint density at radius 3 is 2.65 bits per heavy atom. The molecule has 4 nitrogen and oxygen atoms in total. The smallest absolute Gasteiger partial charge is 0.321 e. The summed E-state index contributed by atoms with van der Waals surface area (Å²) in [5, 5.41) is 4.83. The van der Waals surface area contributed by atoms with Crippen LogP contribution in [0.4, 0.5) is 4.79 Å². The zero-order valence-electron chi connectivity index (χ0n) is 9.59. The highest BCUT2D eigenvalue weighted by atomic mass is 35.5. The molecule has 0 bridgehead atoms. The molecule has 17 heavy (non-hydrogen) atoms. The molecule has 0 spiro atoms. The first-order valence-electron chi connectivity index (χ1n) is 5.37. The predicted octanol–water partition coefficient (Wildman–Crippen LogP) is 2.27. The molecule has 0 atom stereocenters. The monoisotopic (exact) mass is 274 g/mol. The van der Waals surface area contributed by atoms with Crippen molar-refractivity contribution < 1.29 is 9.59 Å². The number of rotatable bonds is 5. The van der Waals surface area contributed by atoms with Crippen LogP contribution in [0.1, 0.15) is 23.1 Å². The van der Waals surface area contributed by atoms with E-state index in [9.17, 15) is 9.59 Å². The molecule has 0 aliphatic rings. The van der Waals surface area contributed by atoms with Gasteiger partial charge in [-0.1, -0.05) is 6.92 Å². The minimum atomic E-state index is -0.480. The molecule has 0 fully saturated rings. The highest BCUT2D eigenvalue weighted by Gasteiger charge is 2.06. The SMILES string of the molecule is CCc1ccc(CNC(=O)NC(=O)CCCl)s1. The van der Waals surface area contributed by atoms with Crippen molar-refractivity contribution >= 4 is 34.9 Å². The molecule has 0 saturated heterocycles. The van der Waals surface area contributed by atoms with Gasteiger partial charge in [-0.25, -0.2) is 4.79 Å². The molecule has 0 saturated carbocycles. The molecule has 2 N–H and O–H groups in total. The maximum atomic E-state index is 11.3. The summed E-state index contributed by atoms with van der Waals surface area (Å²) in [6, 6.07) is 3.54. The van der Waals surface area contributed by atoms with E-state index in [0.29, 0.717) is 6.54 Å². The maximum absolute atomic E-state index is 11.3. The number of hydrogen-bond donors (Lipinski definition) is 2. The summed E-state index contributed by atoms with van der Waals surface area (Å²) in [6.45, 7) is 2.52. The number of carbonyl (C=O) groups is 2. The third-order valence-electron chi connectivity index (χ3n) is 2.06. The van der Waals surface area contributed by atoms with Gasteiger partial charge in [0, 0.05) is 22.1 Å². The molecule has 3 amide bonds. The quantitative estimate of drug-likeness (QED) is 0.809. The lowest BCUT2D eigenvalue weighted by atomic mass is 10.4. The van der Waals surface area contributed by atoms with Crippen molar-refractivity contribution in [1.29, 1.82) is 0 Å². The van der Waals surface area contributed by atoms with Gasteiger partial charge in [0.1, 0.15) is 0 Å². The number of nitrogens with one attached hydrogen (secondary N) is 2. The number of amides is 3. The van der Waals surface area contributed by atoms with Gasteiger partial charge in [-0.3, -0.25) is 10.1 Å². The van der Waals surface area contributed by atoms with E-state index < -0.39 is 6.03 Å². The Morgan fingerprint density at radius 2 is 2.06 bits per heavy atom. The predicted molar refractivity (Wildman–Crippen MR) is 69.4 cm³/mol. The molecular weight excluding hydrogens is 260 g/mol. The van der Waals surface area contributed by atoms with Crippen molar-refractivity contribution in [1.82, 2.24) is 10.6 Å². The lowest BCUT2D eigenvalue weighted by molar-refractivity contribution is -0.119. The first-order chi connectivity index (χ1) is 8.15. The summed E-state index contributed by atoms with van der Waals surface area (Å²) in [7, 11) is 0. The van der Waals surface area contributed by atoms with Gasteiger partial charge in [0.15, 0.2) is 0 Å². The number of alkyl halides is 1. The van der Waals surface area contributed by atoms with E-state index in [1.165, 1.54) is 4.88 Å². The second kappa shape index (κ2) is 7.29. The Kier molecular flexibility index (Phi) is 6.00. The second-order valence-electron chi connectivity index (χ2n) is 3.39. The Labute approximate surface area is 109 Å². The molecule has 94 valence electrons.